The second kappa shape index (κ2) is 7.98. The van der Waals surface area contributed by atoms with Gasteiger partial charge in [0.1, 0.15) is 6.04 Å². The van der Waals surface area contributed by atoms with Crippen LogP contribution in [0.5, 0.6) is 0 Å². The van der Waals surface area contributed by atoms with E-state index in [2.05, 4.69) is 0 Å². The van der Waals surface area contributed by atoms with Crippen molar-refractivity contribution >= 4 is 15.7 Å². The van der Waals surface area contributed by atoms with Crippen LogP contribution in [0.2, 0.25) is 0 Å². The van der Waals surface area contributed by atoms with Crippen LogP contribution in [-0.2, 0) is 20.7 Å². The van der Waals surface area contributed by atoms with Gasteiger partial charge < -0.3 is 10.8 Å². The number of nitrogens with two attached hydrogens (primary N) is 1. The Kier molecular flexibility index (Phi) is 6.79. The largest absolute Gasteiger partial charge is 0.480 e. The molecule has 0 aromatic heterocycles. The highest BCUT2D eigenvalue weighted by molar-refractivity contribution is 7.92. The third-order valence-electron chi connectivity index (χ3n) is 3.75. The van der Waals surface area contributed by atoms with E-state index in [4.69, 9.17) is 15.6 Å². The first-order chi connectivity index (χ1) is 11.0. The van der Waals surface area contributed by atoms with Crippen molar-refractivity contribution in [2.45, 2.75) is 37.9 Å². The Morgan fingerprint density at radius 2 is 1.96 bits per heavy atom. The zero-order chi connectivity index (χ0) is 18.5. The van der Waals surface area contributed by atoms with Crippen molar-refractivity contribution in [3.8, 4) is 0 Å². The van der Waals surface area contributed by atoms with E-state index < -0.39 is 39.4 Å². The molecule has 1 rings (SSSR count). The highest BCUT2D eigenvalue weighted by Gasteiger charge is 2.35. The molecule has 0 spiro atoms. The minimum atomic E-state index is -4.53. The van der Waals surface area contributed by atoms with Crippen LogP contribution in [0, 0.1) is 4.78 Å². The lowest BCUT2D eigenvalue weighted by Gasteiger charge is -2.22. The highest BCUT2D eigenvalue weighted by Crippen LogP contribution is 2.36. The maximum atomic E-state index is 13.1. The van der Waals surface area contributed by atoms with Crippen molar-refractivity contribution in [3.05, 3.63) is 35.4 Å². The van der Waals surface area contributed by atoms with E-state index >= 15 is 0 Å². The fourth-order valence-electron chi connectivity index (χ4n) is 2.39. The highest BCUT2D eigenvalue weighted by atomic mass is 32.2. The van der Waals surface area contributed by atoms with Gasteiger partial charge in [-0.25, -0.2) is 4.21 Å². The van der Waals surface area contributed by atoms with Crippen LogP contribution in [0.25, 0.3) is 0 Å². The Balaban J connectivity index is 2.98. The summed E-state index contributed by atoms with van der Waals surface area (Å²) in [4.78, 5) is 10.7. The average molecular weight is 366 g/mol. The summed E-state index contributed by atoms with van der Waals surface area (Å²) in [6.45, 7) is 1.66. The van der Waals surface area contributed by atoms with Gasteiger partial charge in [-0.1, -0.05) is 25.1 Å². The molecule has 0 fully saturated rings. The molecule has 0 aliphatic carbocycles. The molecule has 0 aliphatic heterocycles. The van der Waals surface area contributed by atoms with Gasteiger partial charge in [0.25, 0.3) is 0 Å². The molecule has 0 amide bonds. The molecule has 0 saturated carbocycles. The summed E-state index contributed by atoms with van der Waals surface area (Å²) in [6, 6.07) is 3.81. The fraction of sp³-hybridized carbons (Fsp3) is 0.533. The predicted molar refractivity (Wildman–Crippen MR) is 85.3 cm³/mol. The van der Waals surface area contributed by atoms with Crippen molar-refractivity contribution in [2.24, 2.45) is 5.73 Å². The second-order valence-corrected chi connectivity index (χ2v) is 7.97. The van der Waals surface area contributed by atoms with Crippen LogP contribution < -0.4 is 5.73 Å². The first kappa shape index (κ1) is 20.4. The molecular weight excluding hydrogens is 345 g/mol. The Bertz CT molecular complexity index is 675. The molecule has 0 aliphatic rings. The van der Waals surface area contributed by atoms with Gasteiger partial charge in [-0.05, 0) is 30.4 Å². The van der Waals surface area contributed by atoms with E-state index in [0.717, 1.165) is 6.07 Å². The Labute approximate surface area is 139 Å². The van der Waals surface area contributed by atoms with E-state index in [9.17, 15) is 22.2 Å². The number of carboxylic acids is 1. The van der Waals surface area contributed by atoms with Crippen molar-refractivity contribution in [1.29, 1.82) is 4.78 Å². The van der Waals surface area contributed by atoms with Gasteiger partial charge >= 0.3 is 12.1 Å². The summed E-state index contributed by atoms with van der Waals surface area (Å²) in [5.74, 6) is -2.48. The smallest absolute Gasteiger partial charge is 0.416 e. The molecule has 3 atom stereocenters. The molecule has 0 radical (unpaired) electrons. The Morgan fingerprint density at radius 3 is 2.46 bits per heavy atom. The molecule has 1 aromatic carbocycles. The van der Waals surface area contributed by atoms with Gasteiger partial charge in [-0.3, -0.25) is 9.57 Å². The first-order valence-electron chi connectivity index (χ1n) is 7.36. The number of halogens is 3. The lowest BCUT2D eigenvalue weighted by atomic mass is 9.93. The molecule has 2 unspecified atom stereocenters. The predicted octanol–water partition coefficient (Wildman–Crippen LogP) is 3.05. The standard InChI is InChI=1S/C15H21F3N2O3S/c1-2-10(9-24(20,23)8-7-13(19)14(21)22)11-5-3-4-6-12(11)15(16,17)18/h3-6,10,13,20H,2,7-9,19H2,1H3,(H,21,22)/t10?,13-,24?/m0/s1. The van der Waals surface area contributed by atoms with Crippen molar-refractivity contribution in [1.82, 2.24) is 0 Å². The summed E-state index contributed by atoms with van der Waals surface area (Å²) < 4.78 is 59.6. The monoisotopic (exact) mass is 366 g/mol. The number of carboxylic acid groups (broad SMARTS) is 1. The summed E-state index contributed by atoms with van der Waals surface area (Å²) in [6.07, 6.45) is -4.40. The number of carbonyl (C=O) groups is 1. The van der Waals surface area contributed by atoms with Gasteiger partial charge in [0.15, 0.2) is 0 Å². The van der Waals surface area contributed by atoms with Crippen LogP contribution in [-0.4, -0.2) is 32.8 Å². The molecule has 136 valence electrons. The zero-order valence-electron chi connectivity index (χ0n) is 13.2. The molecule has 0 bridgehead atoms. The number of hydrogen-bond donors (Lipinski definition) is 3. The topological polar surface area (TPSA) is 104 Å². The SMILES string of the molecule is CCC(CS(=N)(=O)CC[C@H](N)C(=O)O)c1ccccc1C(F)(F)F. The molecule has 0 saturated heterocycles. The molecular formula is C15H21F3N2O3S. The van der Waals surface area contributed by atoms with E-state index in [-0.39, 0.29) is 29.9 Å². The van der Waals surface area contributed by atoms with Gasteiger partial charge in [-0.15, -0.1) is 0 Å². The molecule has 0 heterocycles. The van der Waals surface area contributed by atoms with Crippen LogP contribution in [0.1, 0.15) is 36.8 Å². The second-order valence-electron chi connectivity index (χ2n) is 5.61. The van der Waals surface area contributed by atoms with Gasteiger partial charge in [0.05, 0.1) is 5.56 Å². The number of benzene rings is 1. The third kappa shape index (κ3) is 5.79. The quantitative estimate of drug-likeness (QED) is 0.658. The fourth-order valence-corrected chi connectivity index (χ4v) is 4.25. The van der Waals surface area contributed by atoms with Crippen LogP contribution in [0.15, 0.2) is 24.3 Å². The zero-order valence-corrected chi connectivity index (χ0v) is 14.0. The third-order valence-corrected chi connectivity index (χ3v) is 5.58. The van der Waals surface area contributed by atoms with Crippen LogP contribution in [0.3, 0.4) is 0 Å². The molecule has 9 heteroatoms. The lowest BCUT2D eigenvalue weighted by Crippen LogP contribution is -2.32. The van der Waals surface area contributed by atoms with Gasteiger partial charge in [-0.2, -0.15) is 13.2 Å². The Morgan fingerprint density at radius 1 is 1.38 bits per heavy atom. The maximum Gasteiger partial charge on any atom is 0.416 e. The van der Waals surface area contributed by atoms with E-state index in [1.54, 1.807) is 6.92 Å². The first-order valence-corrected chi connectivity index (χ1v) is 9.26. The van der Waals surface area contributed by atoms with Gasteiger partial charge in [0.2, 0.25) is 0 Å². The summed E-state index contributed by atoms with van der Waals surface area (Å²) in [5, 5.41) is 8.71. The number of aliphatic carboxylic acids is 1. The van der Waals surface area contributed by atoms with Crippen molar-refractivity contribution in [2.75, 3.05) is 11.5 Å². The van der Waals surface area contributed by atoms with E-state index in [1.165, 1.54) is 18.2 Å². The summed E-state index contributed by atoms with van der Waals surface area (Å²) in [7, 11) is -3.24. The molecule has 4 N–H and O–H groups in total. The van der Waals surface area contributed by atoms with Gasteiger partial charge in [0, 0.05) is 21.2 Å². The minimum absolute atomic E-state index is 0.00927. The maximum absolute atomic E-state index is 13.1. The summed E-state index contributed by atoms with van der Waals surface area (Å²) >= 11 is 0. The molecule has 5 nitrogen and oxygen atoms in total. The van der Waals surface area contributed by atoms with E-state index in [0.29, 0.717) is 0 Å². The number of nitrogens with one attached hydrogen (secondary N) is 1. The lowest BCUT2D eigenvalue weighted by molar-refractivity contribution is -0.139. The van der Waals surface area contributed by atoms with E-state index in [1.807, 2.05) is 0 Å². The molecule has 1 aromatic rings. The van der Waals surface area contributed by atoms with Crippen molar-refractivity contribution < 1.29 is 27.3 Å². The van der Waals surface area contributed by atoms with Crippen molar-refractivity contribution in [3.63, 3.8) is 0 Å². The summed E-state index contributed by atoms with van der Waals surface area (Å²) in [5.41, 5.74) is 4.53. The Hall–Kier alpha value is -1.61. The normalized spacial score (nSPS) is 17.0. The molecule has 24 heavy (non-hydrogen) atoms. The minimum Gasteiger partial charge on any atom is -0.480 e. The number of hydrogen-bond acceptors (Lipinski definition) is 4. The number of alkyl halides is 3. The number of rotatable bonds is 8. The van der Waals surface area contributed by atoms with Crippen LogP contribution in [0.4, 0.5) is 13.2 Å². The van der Waals surface area contributed by atoms with Crippen LogP contribution >= 0.6 is 0 Å². The average Bonchev–Trinajstić information content (AvgIpc) is 2.49.